The molecule has 0 saturated carbocycles. The Morgan fingerprint density at radius 1 is 1.25 bits per heavy atom. The molecule has 0 radical (unpaired) electrons. The Morgan fingerprint density at radius 3 is 2.31 bits per heavy atom. The van der Waals surface area contributed by atoms with Crippen LogP contribution in [0, 0.1) is 0 Å². The van der Waals surface area contributed by atoms with Crippen LogP contribution < -0.4 is 0 Å². The van der Waals surface area contributed by atoms with Crippen LogP contribution in [-0.2, 0) is 0 Å². The molecule has 0 N–H and O–H groups in total. The lowest BCUT2D eigenvalue weighted by Crippen LogP contribution is -2.33. The molecule has 1 heterocycles. The predicted molar refractivity (Wildman–Crippen MR) is 63.5 cm³/mol. The van der Waals surface area contributed by atoms with Crippen LogP contribution in [0.5, 0.6) is 0 Å². The van der Waals surface area contributed by atoms with Crippen LogP contribution in [0.15, 0.2) is 12.4 Å². The molecule has 88 valence electrons. The average Bonchev–Trinajstić information content (AvgIpc) is 2.29. The third-order valence-electron chi connectivity index (χ3n) is 2.11. The number of carbonyl (C=O) groups is 1. The van der Waals surface area contributed by atoms with Crippen molar-refractivity contribution >= 4 is 17.5 Å². The van der Waals surface area contributed by atoms with Crippen LogP contribution in [0.2, 0.25) is 5.15 Å². The van der Waals surface area contributed by atoms with Gasteiger partial charge in [-0.05, 0) is 12.8 Å². The molecule has 5 heteroatoms. The Kier molecular flexibility index (Phi) is 5.19. The van der Waals surface area contributed by atoms with E-state index in [2.05, 4.69) is 9.97 Å². The fraction of sp³-hybridized carbons (Fsp3) is 0.545. The first-order valence-electron chi connectivity index (χ1n) is 5.45. The smallest absolute Gasteiger partial charge is 0.274 e. The van der Waals surface area contributed by atoms with E-state index in [4.69, 9.17) is 11.6 Å². The average molecular weight is 242 g/mol. The molecule has 0 atom stereocenters. The maximum Gasteiger partial charge on any atom is 0.274 e. The van der Waals surface area contributed by atoms with E-state index in [0.29, 0.717) is 10.8 Å². The lowest BCUT2D eigenvalue weighted by atomic mass is 10.3. The van der Waals surface area contributed by atoms with Crippen molar-refractivity contribution in [1.82, 2.24) is 14.9 Å². The van der Waals surface area contributed by atoms with Gasteiger partial charge in [0.2, 0.25) is 0 Å². The fourth-order valence-corrected chi connectivity index (χ4v) is 1.54. The molecule has 1 amide bonds. The van der Waals surface area contributed by atoms with Gasteiger partial charge in [0, 0.05) is 13.1 Å². The molecular formula is C11H16ClN3O. The van der Waals surface area contributed by atoms with E-state index in [1.165, 1.54) is 12.4 Å². The summed E-state index contributed by atoms with van der Waals surface area (Å²) < 4.78 is 0. The van der Waals surface area contributed by atoms with E-state index in [9.17, 15) is 4.79 Å². The highest BCUT2D eigenvalue weighted by molar-refractivity contribution is 6.29. The Bertz CT molecular complexity index is 334. The minimum atomic E-state index is -0.0760. The van der Waals surface area contributed by atoms with Crippen LogP contribution in [0.4, 0.5) is 0 Å². The molecule has 1 aromatic rings. The maximum atomic E-state index is 12.0. The van der Waals surface area contributed by atoms with Gasteiger partial charge in [-0.3, -0.25) is 4.79 Å². The van der Waals surface area contributed by atoms with Gasteiger partial charge in [-0.15, -0.1) is 0 Å². The third kappa shape index (κ3) is 3.45. The van der Waals surface area contributed by atoms with Gasteiger partial charge in [-0.25, -0.2) is 9.97 Å². The van der Waals surface area contributed by atoms with Gasteiger partial charge in [-0.2, -0.15) is 0 Å². The lowest BCUT2D eigenvalue weighted by Gasteiger charge is -2.20. The molecule has 0 spiro atoms. The van der Waals surface area contributed by atoms with E-state index < -0.39 is 0 Å². The van der Waals surface area contributed by atoms with E-state index in [0.717, 1.165) is 25.9 Å². The molecule has 0 bridgehead atoms. The highest BCUT2D eigenvalue weighted by Crippen LogP contribution is 2.06. The number of amides is 1. The number of hydrogen-bond acceptors (Lipinski definition) is 3. The van der Waals surface area contributed by atoms with E-state index >= 15 is 0 Å². The van der Waals surface area contributed by atoms with Gasteiger partial charge < -0.3 is 4.90 Å². The fourth-order valence-electron chi connectivity index (χ4n) is 1.44. The number of aromatic nitrogens is 2. The van der Waals surface area contributed by atoms with Crippen molar-refractivity contribution in [3.8, 4) is 0 Å². The highest BCUT2D eigenvalue weighted by Gasteiger charge is 2.15. The predicted octanol–water partition coefficient (Wildman–Crippen LogP) is 2.39. The summed E-state index contributed by atoms with van der Waals surface area (Å²) in [5.41, 5.74) is 0.353. The van der Waals surface area contributed by atoms with Crippen molar-refractivity contribution in [2.24, 2.45) is 0 Å². The monoisotopic (exact) mass is 241 g/mol. The summed E-state index contributed by atoms with van der Waals surface area (Å²) in [5.74, 6) is -0.0760. The van der Waals surface area contributed by atoms with Crippen molar-refractivity contribution in [1.29, 1.82) is 0 Å². The standard InChI is InChI=1S/C11H16ClN3O/c1-3-5-15(6-4-2)11(16)9-7-14-10(12)8-13-9/h7-8H,3-6H2,1-2H3. The first kappa shape index (κ1) is 12.9. The van der Waals surface area contributed by atoms with Gasteiger partial charge in [0.05, 0.1) is 12.4 Å². The molecule has 1 aromatic heterocycles. The van der Waals surface area contributed by atoms with Crippen LogP contribution in [-0.4, -0.2) is 33.9 Å². The van der Waals surface area contributed by atoms with E-state index in [1.807, 2.05) is 13.8 Å². The second-order valence-electron chi connectivity index (χ2n) is 3.52. The van der Waals surface area contributed by atoms with Crippen LogP contribution in [0.25, 0.3) is 0 Å². The normalized spacial score (nSPS) is 10.2. The Labute approximate surface area is 101 Å². The SMILES string of the molecule is CCCN(CCC)C(=O)c1cnc(Cl)cn1. The molecule has 1 rings (SSSR count). The third-order valence-corrected chi connectivity index (χ3v) is 2.31. The minimum Gasteiger partial charge on any atom is -0.337 e. The first-order valence-corrected chi connectivity index (χ1v) is 5.83. The second kappa shape index (κ2) is 6.43. The minimum absolute atomic E-state index is 0.0760. The molecule has 0 fully saturated rings. The van der Waals surface area contributed by atoms with Crippen LogP contribution in [0.3, 0.4) is 0 Å². The Hall–Kier alpha value is -1.16. The zero-order chi connectivity index (χ0) is 12.0. The first-order chi connectivity index (χ1) is 7.69. The van der Waals surface area contributed by atoms with Gasteiger partial charge in [0.15, 0.2) is 0 Å². The van der Waals surface area contributed by atoms with Gasteiger partial charge in [0.1, 0.15) is 10.8 Å². The van der Waals surface area contributed by atoms with Crippen molar-refractivity contribution in [2.75, 3.05) is 13.1 Å². The topological polar surface area (TPSA) is 46.1 Å². The quantitative estimate of drug-likeness (QED) is 0.795. The van der Waals surface area contributed by atoms with E-state index in [1.54, 1.807) is 4.90 Å². The van der Waals surface area contributed by atoms with Gasteiger partial charge in [-0.1, -0.05) is 25.4 Å². The molecule has 0 saturated heterocycles. The number of hydrogen-bond donors (Lipinski definition) is 0. The Balaban J connectivity index is 2.77. The molecule has 16 heavy (non-hydrogen) atoms. The molecule has 4 nitrogen and oxygen atoms in total. The number of rotatable bonds is 5. The second-order valence-corrected chi connectivity index (χ2v) is 3.90. The van der Waals surface area contributed by atoms with Gasteiger partial charge in [0.25, 0.3) is 5.91 Å². The number of halogens is 1. The summed E-state index contributed by atoms with van der Waals surface area (Å²) in [6.45, 7) is 5.58. The highest BCUT2D eigenvalue weighted by atomic mass is 35.5. The van der Waals surface area contributed by atoms with Crippen molar-refractivity contribution in [3.63, 3.8) is 0 Å². The summed E-state index contributed by atoms with van der Waals surface area (Å²) in [5, 5.41) is 0.300. The molecule has 0 aliphatic carbocycles. The molecule has 0 aliphatic heterocycles. The lowest BCUT2D eigenvalue weighted by molar-refractivity contribution is 0.0749. The van der Waals surface area contributed by atoms with Gasteiger partial charge >= 0.3 is 0 Å². The van der Waals surface area contributed by atoms with Crippen molar-refractivity contribution in [3.05, 3.63) is 23.2 Å². The summed E-state index contributed by atoms with van der Waals surface area (Å²) >= 11 is 5.62. The summed E-state index contributed by atoms with van der Waals surface area (Å²) in [7, 11) is 0. The van der Waals surface area contributed by atoms with Crippen molar-refractivity contribution in [2.45, 2.75) is 26.7 Å². The number of carbonyl (C=O) groups excluding carboxylic acids is 1. The summed E-state index contributed by atoms with van der Waals surface area (Å²) in [6.07, 6.45) is 4.69. The molecular weight excluding hydrogens is 226 g/mol. The summed E-state index contributed by atoms with van der Waals surface area (Å²) in [4.78, 5) is 21.6. The van der Waals surface area contributed by atoms with Crippen molar-refractivity contribution < 1.29 is 4.79 Å². The largest absolute Gasteiger partial charge is 0.337 e. The van der Waals surface area contributed by atoms with Crippen LogP contribution in [0.1, 0.15) is 37.2 Å². The maximum absolute atomic E-state index is 12.0. The summed E-state index contributed by atoms with van der Waals surface area (Å²) in [6, 6.07) is 0. The molecule has 0 aromatic carbocycles. The van der Waals surface area contributed by atoms with Crippen LogP contribution >= 0.6 is 11.6 Å². The zero-order valence-corrected chi connectivity index (χ0v) is 10.4. The molecule has 0 aliphatic rings. The zero-order valence-electron chi connectivity index (χ0n) is 9.61. The molecule has 0 unspecified atom stereocenters. The van der Waals surface area contributed by atoms with E-state index in [-0.39, 0.29) is 5.91 Å². The Morgan fingerprint density at radius 2 is 1.88 bits per heavy atom. The number of nitrogens with zero attached hydrogens (tertiary/aromatic N) is 3.